The first-order chi connectivity index (χ1) is 5.77. The Morgan fingerprint density at radius 3 is 0.615 bits per heavy atom. The molecule has 0 rings (SSSR count). The van der Waals surface area contributed by atoms with Crippen molar-refractivity contribution in [1.29, 1.82) is 0 Å². The van der Waals surface area contributed by atoms with E-state index in [0.29, 0.717) is 0 Å². The standard InChI is InChI=1S/4C3H7.Hf/c4*1-3-2;/h4*3H,1-2H3;. The molecule has 0 radical (unpaired) electrons. The van der Waals surface area contributed by atoms with E-state index in [2.05, 4.69) is 55.4 Å². The molecule has 0 amide bonds. The summed E-state index contributed by atoms with van der Waals surface area (Å²) in [5.74, 6) is 0. The normalized spacial score (nSPS) is 13.8. The molecule has 0 aliphatic rings. The van der Waals surface area contributed by atoms with E-state index in [0.717, 1.165) is 14.7 Å². The quantitative estimate of drug-likeness (QED) is 0.591. The maximum absolute atomic E-state index is 2.47. The monoisotopic (exact) mass is 352 g/mol. The summed E-state index contributed by atoms with van der Waals surface area (Å²) >= 11 is -2.07. The second kappa shape index (κ2) is 5.09. The SMILES string of the molecule is C[CH](C)[Hf]([CH](C)C)([CH](C)C)[CH](C)C. The van der Waals surface area contributed by atoms with Crippen LogP contribution in [0.2, 0.25) is 14.7 Å². The van der Waals surface area contributed by atoms with Crippen LogP contribution in [0.4, 0.5) is 0 Å². The van der Waals surface area contributed by atoms with E-state index in [1.54, 1.807) is 0 Å². The zero-order chi connectivity index (χ0) is 10.8. The van der Waals surface area contributed by atoms with Gasteiger partial charge in [-0.2, -0.15) is 0 Å². The van der Waals surface area contributed by atoms with Crippen LogP contribution in [0.15, 0.2) is 0 Å². The van der Waals surface area contributed by atoms with Crippen molar-refractivity contribution in [3.8, 4) is 0 Å². The minimum atomic E-state index is -2.07. The molecule has 0 aromatic rings. The van der Waals surface area contributed by atoms with Crippen molar-refractivity contribution < 1.29 is 20.0 Å². The zero-order valence-corrected chi connectivity index (χ0v) is 14.4. The maximum atomic E-state index is 2.47. The van der Waals surface area contributed by atoms with Gasteiger partial charge in [0.25, 0.3) is 0 Å². The fourth-order valence-electron chi connectivity index (χ4n) is 4.00. The predicted molar refractivity (Wildman–Crippen MR) is 60.4 cm³/mol. The third-order valence-electron chi connectivity index (χ3n) is 4.00. The molecule has 0 aromatic heterocycles. The van der Waals surface area contributed by atoms with Gasteiger partial charge >= 0.3 is 90.1 Å². The van der Waals surface area contributed by atoms with Crippen molar-refractivity contribution in [2.24, 2.45) is 0 Å². The van der Waals surface area contributed by atoms with Crippen molar-refractivity contribution in [2.75, 3.05) is 0 Å². The van der Waals surface area contributed by atoms with Gasteiger partial charge in [0.1, 0.15) is 0 Å². The van der Waals surface area contributed by atoms with Gasteiger partial charge in [0.05, 0.1) is 0 Å². The second-order valence-corrected chi connectivity index (χ2v) is 29.4. The molecule has 1 heteroatoms. The Morgan fingerprint density at radius 1 is 0.462 bits per heavy atom. The van der Waals surface area contributed by atoms with E-state index in [4.69, 9.17) is 0 Å². The Bertz CT molecular complexity index is 108. The summed E-state index contributed by atoms with van der Waals surface area (Å²) in [6.07, 6.45) is 0. The third kappa shape index (κ3) is 2.46. The molecule has 0 atom stereocenters. The Hall–Kier alpha value is 0.870. The van der Waals surface area contributed by atoms with E-state index >= 15 is 0 Å². The topological polar surface area (TPSA) is 0 Å². The molecule has 0 nitrogen and oxygen atoms in total. The summed E-state index contributed by atoms with van der Waals surface area (Å²) < 4.78 is 3.97. The number of rotatable bonds is 4. The molecule has 13 heavy (non-hydrogen) atoms. The van der Waals surface area contributed by atoms with Crippen LogP contribution in [0.5, 0.6) is 0 Å². The van der Waals surface area contributed by atoms with Crippen molar-refractivity contribution >= 4 is 0 Å². The summed E-state index contributed by atoms with van der Waals surface area (Å²) in [5, 5.41) is 0. The van der Waals surface area contributed by atoms with E-state index in [1.165, 1.54) is 0 Å². The average molecular weight is 351 g/mol. The molecule has 0 saturated heterocycles. The third-order valence-corrected chi connectivity index (χ3v) is 32.7. The van der Waals surface area contributed by atoms with Gasteiger partial charge in [0.2, 0.25) is 0 Å². The molecule has 0 aromatic carbocycles. The van der Waals surface area contributed by atoms with Crippen LogP contribution in [0.3, 0.4) is 0 Å². The van der Waals surface area contributed by atoms with E-state index in [1.807, 2.05) is 0 Å². The summed E-state index contributed by atoms with van der Waals surface area (Å²) in [5.41, 5.74) is 0. The molecule has 0 bridgehead atoms. The van der Waals surface area contributed by atoms with Crippen LogP contribution < -0.4 is 0 Å². The summed E-state index contributed by atoms with van der Waals surface area (Å²) in [6, 6.07) is 0. The molecule has 0 N–H and O–H groups in total. The van der Waals surface area contributed by atoms with Crippen LogP contribution in [-0.2, 0) is 20.0 Å². The van der Waals surface area contributed by atoms with Crippen molar-refractivity contribution in [2.45, 2.75) is 70.1 Å². The second-order valence-electron chi connectivity index (χ2n) is 5.62. The van der Waals surface area contributed by atoms with Crippen LogP contribution in [0.1, 0.15) is 55.4 Å². The molecule has 0 aliphatic carbocycles. The van der Waals surface area contributed by atoms with Crippen LogP contribution in [-0.4, -0.2) is 0 Å². The molecular weight excluding hydrogens is 323 g/mol. The summed E-state index contributed by atoms with van der Waals surface area (Å²) in [6.45, 7) is 19.8. The number of hydrogen-bond donors (Lipinski definition) is 0. The van der Waals surface area contributed by atoms with Crippen LogP contribution in [0.25, 0.3) is 0 Å². The van der Waals surface area contributed by atoms with E-state index < -0.39 is 20.0 Å². The zero-order valence-electron chi connectivity index (χ0n) is 10.8. The van der Waals surface area contributed by atoms with Gasteiger partial charge in [-0.1, -0.05) is 0 Å². The molecule has 0 spiro atoms. The fourth-order valence-corrected chi connectivity index (χ4v) is 32.7. The molecule has 0 fully saturated rings. The number of hydrogen-bond acceptors (Lipinski definition) is 0. The Balaban J connectivity index is 5.06. The van der Waals surface area contributed by atoms with Crippen LogP contribution in [0, 0.1) is 0 Å². The van der Waals surface area contributed by atoms with Crippen molar-refractivity contribution in [3.63, 3.8) is 0 Å². The van der Waals surface area contributed by atoms with Gasteiger partial charge in [0.15, 0.2) is 0 Å². The van der Waals surface area contributed by atoms with Gasteiger partial charge in [-0.05, 0) is 0 Å². The van der Waals surface area contributed by atoms with Crippen molar-refractivity contribution in [1.82, 2.24) is 0 Å². The fraction of sp³-hybridized carbons (Fsp3) is 1.00. The predicted octanol–water partition coefficient (Wildman–Crippen LogP) is 5.45. The van der Waals surface area contributed by atoms with Crippen molar-refractivity contribution in [3.05, 3.63) is 0 Å². The first kappa shape index (κ1) is 13.9. The first-order valence-electron chi connectivity index (χ1n) is 5.77. The summed E-state index contributed by atoms with van der Waals surface area (Å²) in [7, 11) is 0. The Morgan fingerprint density at radius 2 is 0.615 bits per heavy atom. The van der Waals surface area contributed by atoms with Gasteiger partial charge < -0.3 is 0 Å². The Kier molecular flexibility index (Phi) is 5.43. The summed E-state index contributed by atoms with van der Waals surface area (Å²) in [4.78, 5) is 0. The van der Waals surface area contributed by atoms with Crippen LogP contribution >= 0.6 is 0 Å². The van der Waals surface area contributed by atoms with E-state index in [9.17, 15) is 0 Å². The molecule has 80 valence electrons. The van der Waals surface area contributed by atoms with E-state index in [-0.39, 0.29) is 0 Å². The van der Waals surface area contributed by atoms with Gasteiger partial charge in [-0.25, -0.2) is 0 Å². The van der Waals surface area contributed by atoms with Gasteiger partial charge in [-0.3, -0.25) is 0 Å². The van der Waals surface area contributed by atoms with Gasteiger partial charge in [-0.15, -0.1) is 0 Å². The Labute approximate surface area is 89.8 Å². The average Bonchev–Trinajstić information content (AvgIpc) is 1.82. The minimum absolute atomic E-state index is 0.993. The molecule has 0 heterocycles. The molecular formula is C12H28Hf. The van der Waals surface area contributed by atoms with Gasteiger partial charge in [0, 0.05) is 0 Å². The molecule has 0 unspecified atom stereocenters. The first-order valence-corrected chi connectivity index (χ1v) is 14.1. The molecule has 0 aliphatic heterocycles. The molecule has 0 saturated carbocycles.